The second-order valence-corrected chi connectivity index (χ2v) is 8.23. The first-order valence-electron chi connectivity index (χ1n) is 11.3. The van der Waals surface area contributed by atoms with Gasteiger partial charge in [-0.25, -0.2) is 0 Å². The fraction of sp³-hybridized carbons (Fsp3) is 0.231. The average molecular weight is 473 g/mol. The van der Waals surface area contributed by atoms with Gasteiger partial charge in [0.1, 0.15) is 6.04 Å². The molecule has 0 aliphatic carbocycles. The molecule has 0 spiro atoms. The maximum atomic E-state index is 13.0. The molecule has 9 nitrogen and oxygen atoms in total. The zero-order valence-electron chi connectivity index (χ0n) is 18.8. The number of nitrogens with zero attached hydrogens (tertiary/aromatic N) is 2. The Morgan fingerprint density at radius 3 is 2.60 bits per heavy atom. The van der Waals surface area contributed by atoms with Gasteiger partial charge in [0.05, 0.1) is 5.71 Å². The Morgan fingerprint density at radius 2 is 1.77 bits per heavy atom. The number of rotatable bonds is 8. The van der Waals surface area contributed by atoms with Crippen LogP contribution >= 0.6 is 0 Å². The number of hydrogen-bond donors (Lipinski definition) is 2. The molecule has 9 heteroatoms. The van der Waals surface area contributed by atoms with Crippen LogP contribution in [-0.2, 0) is 27.4 Å². The lowest BCUT2D eigenvalue weighted by Gasteiger charge is -2.20. The van der Waals surface area contributed by atoms with E-state index in [1.54, 1.807) is 18.5 Å². The molecule has 0 radical (unpaired) electrons. The summed E-state index contributed by atoms with van der Waals surface area (Å²) >= 11 is 0. The molecule has 2 N–H and O–H groups in total. The zero-order valence-corrected chi connectivity index (χ0v) is 18.8. The Hall–Kier alpha value is -4.40. The number of nitrogens with one attached hydrogen (secondary N) is 2. The van der Waals surface area contributed by atoms with Gasteiger partial charge in [0.15, 0.2) is 11.5 Å². The van der Waals surface area contributed by atoms with E-state index in [4.69, 9.17) is 14.3 Å². The summed E-state index contributed by atoms with van der Waals surface area (Å²) in [6, 6.07) is 17.9. The van der Waals surface area contributed by atoms with Crippen LogP contribution in [0.3, 0.4) is 0 Å². The maximum Gasteiger partial charge on any atom is 0.265 e. The number of hydrogen-bond acceptors (Lipinski definition) is 7. The number of amides is 2. The molecule has 0 fully saturated rings. The van der Waals surface area contributed by atoms with Gasteiger partial charge in [-0.1, -0.05) is 35.5 Å². The number of aromatic nitrogens is 1. The SMILES string of the molecule is O=C(NCc1ccncc1)[C@@H](Cc1ccccc1)NC(=O)[C@H]1CC(c2ccc3c(c2)OCO3)=NO1. The molecular weight excluding hydrogens is 448 g/mol. The third kappa shape index (κ3) is 5.40. The molecule has 3 aromatic rings. The fourth-order valence-electron chi connectivity index (χ4n) is 3.90. The van der Waals surface area contributed by atoms with Crippen LogP contribution in [0.4, 0.5) is 0 Å². The number of ether oxygens (including phenoxy) is 2. The van der Waals surface area contributed by atoms with Crippen molar-refractivity contribution in [2.75, 3.05) is 6.79 Å². The van der Waals surface area contributed by atoms with Gasteiger partial charge in [0, 0.05) is 37.3 Å². The molecule has 2 aliphatic rings. The molecule has 5 rings (SSSR count). The number of pyridine rings is 1. The van der Waals surface area contributed by atoms with Gasteiger partial charge < -0.3 is 24.9 Å². The summed E-state index contributed by atoms with van der Waals surface area (Å²) < 4.78 is 10.8. The summed E-state index contributed by atoms with van der Waals surface area (Å²) in [5, 5.41) is 9.85. The van der Waals surface area contributed by atoms with E-state index in [1.807, 2.05) is 54.6 Å². The third-order valence-electron chi connectivity index (χ3n) is 5.80. The summed E-state index contributed by atoms with van der Waals surface area (Å²) in [7, 11) is 0. The largest absolute Gasteiger partial charge is 0.454 e. The second kappa shape index (κ2) is 10.3. The Labute approximate surface area is 202 Å². The van der Waals surface area contributed by atoms with Crippen molar-refractivity contribution in [3.63, 3.8) is 0 Å². The quantitative estimate of drug-likeness (QED) is 0.521. The summed E-state index contributed by atoms with van der Waals surface area (Å²) in [5.41, 5.74) is 3.27. The first kappa shape index (κ1) is 22.4. The van der Waals surface area contributed by atoms with Crippen molar-refractivity contribution in [1.29, 1.82) is 0 Å². The Balaban J connectivity index is 1.23. The van der Waals surface area contributed by atoms with E-state index in [2.05, 4.69) is 20.8 Å². The standard InChI is InChI=1S/C26H24N4O5/c31-25(28-15-18-8-10-27-11-9-18)21(12-17-4-2-1-3-5-17)29-26(32)24-14-20(30-35-24)19-6-7-22-23(13-19)34-16-33-22/h1-11,13,21,24H,12,14-16H2,(H,28,31)(H,29,32)/t21-,24-/m1/s1. The van der Waals surface area contributed by atoms with Crippen LogP contribution in [0.1, 0.15) is 23.1 Å². The smallest absolute Gasteiger partial charge is 0.265 e. The maximum absolute atomic E-state index is 13.0. The molecule has 1 aromatic heterocycles. The highest BCUT2D eigenvalue weighted by atomic mass is 16.7. The van der Waals surface area contributed by atoms with E-state index in [0.717, 1.165) is 16.7 Å². The van der Waals surface area contributed by atoms with Gasteiger partial charge in [0.25, 0.3) is 5.91 Å². The summed E-state index contributed by atoms with van der Waals surface area (Å²) in [5.74, 6) is 0.620. The van der Waals surface area contributed by atoms with Crippen LogP contribution in [0.5, 0.6) is 11.5 Å². The lowest BCUT2D eigenvalue weighted by Crippen LogP contribution is -2.50. The van der Waals surface area contributed by atoms with Crippen molar-refractivity contribution in [3.05, 3.63) is 89.7 Å². The molecule has 2 atom stereocenters. The highest BCUT2D eigenvalue weighted by Crippen LogP contribution is 2.33. The highest BCUT2D eigenvalue weighted by molar-refractivity contribution is 6.04. The normalized spacial score (nSPS) is 16.7. The molecule has 35 heavy (non-hydrogen) atoms. The summed E-state index contributed by atoms with van der Waals surface area (Å²) in [6.45, 7) is 0.513. The highest BCUT2D eigenvalue weighted by Gasteiger charge is 2.32. The van der Waals surface area contributed by atoms with Crippen molar-refractivity contribution in [2.45, 2.75) is 31.5 Å². The van der Waals surface area contributed by atoms with Gasteiger partial charge in [-0.2, -0.15) is 0 Å². The lowest BCUT2D eigenvalue weighted by atomic mass is 10.0. The monoisotopic (exact) mass is 472 g/mol. The number of fused-ring (bicyclic) bond motifs is 1. The van der Waals surface area contributed by atoms with E-state index < -0.39 is 18.1 Å². The molecular formula is C26H24N4O5. The van der Waals surface area contributed by atoms with Crippen LogP contribution < -0.4 is 20.1 Å². The van der Waals surface area contributed by atoms with Crippen LogP contribution in [0, 0.1) is 0 Å². The molecule has 2 aliphatic heterocycles. The minimum absolute atomic E-state index is 0.179. The van der Waals surface area contributed by atoms with Crippen LogP contribution in [0.25, 0.3) is 0 Å². The van der Waals surface area contributed by atoms with Crippen LogP contribution in [-0.4, -0.2) is 41.4 Å². The van der Waals surface area contributed by atoms with Crippen molar-refractivity contribution in [3.8, 4) is 11.5 Å². The predicted molar refractivity (Wildman–Crippen MR) is 127 cm³/mol. The average Bonchev–Trinajstić information content (AvgIpc) is 3.58. The van der Waals surface area contributed by atoms with Crippen LogP contribution in [0.2, 0.25) is 0 Å². The number of carbonyl (C=O) groups excluding carboxylic acids is 2. The molecule has 178 valence electrons. The molecule has 2 amide bonds. The predicted octanol–water partition coefficient (Wildman–Crippen LogP) is 2.35. The van der Waals surface area contributed by atoms with E-state index in [-0.39, 0.29) is 19.1 Å². The molecule has 2 aromatic carbocycles. The van der Waals surface area contributed by atoms with Gasteiger partial charge >= 0.3 is 0 Å². The fourth-order valence-corrected chi connectivity index (χ4v) is 3.90. The lowest BCUT2D eigenvalue weighted by molar-refractivity contribution is -0.135. The topological polar surface area (TPSA) is 111 Å². The summed E-state index contributed by atoms with van der Waals surface area (Å²) in [6.07, 6.45) is 3.13. The Morgan fingerprint density at radius 1 is 0.971 bits per heavy atom. The molecule has 0 saturated heterocycles. The van der Waals surface area contributed by atoms with Crippen molar-refractivity contribution < 1.29 is 23.9 Å². The van der Waals surface area contributed by atoms with Gasteiger partial charge in [-0.05, 0) is 41.5 Å². The number of carbonyl (C=O) groups is 2. The van der Waals surface area contributed by atoms with E-state index >= 15 is 0 Å². The number of benzene rings is 2. The molecule has 3 heterocycles. The Bertz CT molecular complexity index is 1230. The molecule has 0 bridgehead atoms. The minimum Gasteiger partial charge on any atom is -0.454 e. The first-order valence-corrected chi connectivity index (χ1v) is 11.3. The third-order valence-corrected chi connectivity index (χ3v) is 5.80. The molecule has 0 unspecified atom stereocenters. The summed E-state index contributed by atoms with van der Waals surface area (Å²) in [4.78, 5) is 35.5. The van der Waals surface area contributed by atoms with Crippen LogP contribution in [0.15, 0.2) is 78.2 Å². The molecule has 0 saturated carbocycles. The van der Waals surface area contributed by atoms with Gasteiger partial charge in [-0.15, -0.1) is 0 Å². The minimum atomic E-state index is -0.832. The second-order valence-electron chi connectivity index (χ2n) is 8.23. The van der Waals surface area contributed by atoms with Crippen molar-refractivity contribution >= 4 is 17.5 Å². The van der Waals surface area contributed by atoms with Gasteiger partial charge in [0.2, 0.25) is 18.8 Å². The Kier molecular flexibility index (Phi) is 6.56. The van der Waals surface area contributed by atoms with Gasteiger partial charge in [-0.3, -0.25) is 14.6 Å². The number of oxime groups is 1. The first-order chi connectivity index (χ1) is 17.2. The van der Waals surface area contributed by atoms with Crippen molar-refractivity contribution in [1.82, 2.24) is 15.6 Å². The van der Waals surface area contributed by atoms with E-state index in [9.17, 15) is 9.59 Å². The van der Waals surface area contributed by atoms with E-state index in [0.29, 0.717) is 30.2 Å². The van der Waals surface area contributed by atoms with E-state index in [1.165, 1.54) is 0 Å². The zero-order chi connectivity index (χ0) is 24.0. The van der Waals surface area contributed by atoms with Crippen molar-refractivity contribution in [2.24, 2.45) is 5.16 Å².